The lowest BCUT2D eigenvalue weighted by atomic mass is 10.1. The maximum absolute atomic E-state index is 6.37. The molecular formula is C13H17BrClNS. The summed E-state index contributed by atoms with van der Waals surface area (Å²) < 4.78 is 0.315. The standard InChI is InChI=1S/C13H17BrClNS/c1-13(2)9-16(5-6-17-13)12-4-3-10(8-14)7-11(12)15/h3-4,7H,5-6,8-9H2,1-2H3. The van der Waals surface area contributed by atoms with E-state index in [-0.39, 0.29) is 0 Å². The summed E-state index contributed by atoms with van der Waals surface area (Å²) in [7, 11) is 0. The van der Waals surface area contributed by atoms with Crippen LogP contribution in [-0.2, 0) is 5.33 Å². The number of hydrogen-bond acceptors (Lipinski definition) is 2. The average molecular weight is 335 g/mol. The van der Waals surface area contributed by atoms with Gasteiger partial charge in [0.05, 0.1) is 10.7 Å². The van der Waals surface area contributed by atoms with Gasteiger partial charge in [0.1, 0.15) is 0 Å². The molecule has 1 fully saturated rings. The molecule has 0 radical (unpaired) electrons. The highest BCUT2D eigenvalue weighted by Crippen LogP contribution is 2.35. The van der Waals surface area contributed by atoms with Crippen molar-refractivity contribution in [3.8, 4) is 0 Å². The lowest BCUT2D eigenvalue weighted by molar-refractivity contribution is 0.648. The Morgan fingerprint density at radius 2 is 2.24 bits per heavy atom. The number of halogens is 2. The molecule has 2 rings (SSSR count). The highest BCUT2D eigenvalue weighted by Gasteiger charge is 2.27. The quantitative estimate of drug-likeness (QED) is 0.729. The van der Waals surface area contributed by atoms with E-state index in [1.165, 1.54) is 17.0 Å². The highest BCUT2D eigenvalue weighted by atomic mass is 79.9. The molecule has 0 unspecified atom stereocenters. The zero-order valence-corrected chi connectivity index (χ0v) is 13.3. The number of hydrogen-bond donors (Lipinski definition) is 0. The van der Waals surface area contributed by atoms with Crippen LogP contribution in [0, 0.1) is 0 Å². The Balaban J connectivity index is 2.22. The van der Waals surface area contributed by atoms with Gasteiger partial charge in [-0.1, -0.05) is 33.6 Å². The van der Waals surface area contributed by atoms with Gasteiger partial charge in [-0.05, 0) is 31.5 Å². The number of rotatable bonds is 2. The van der Waals surface area contributed by atoms with E-state index in [1.807, 2.05) is 11.8 Å². The molecule has 0 aromatic heterocycles. The van der Waals surface area contributed by atoms with Crippen molar-refractivity contribution in [1.82, 2.24) is 0 Å². The maximum Gasteiger partial charge on any atom is 0.0642 e. The molecule has 1 aliphatic rings. The van der Waals surface area contributed by atoms with Crippen molar-refractivity contribution in [2.24, 2.45) is 0 Å². The second-order valence-corrected chi connectivity index (χ2v) is 7.72. The van der Waals surface area contributed by atoms with Crippen LogP contribution in [-0.4, -0.2) is 23.6 Å². The zero-order valence-electron chi connectivity index (χ0n) is 10.2. The largest absolute Gasteiger partial charge is 0.368 e. The third-order valence-corrected chi connectivity index (χ3v) is 5.18. The van der Waals surface area contributed by atoms with E-state index in [1.54, 1.807) is 0 Å². The van der Waals surface area contributed by atoms with E-state index in [4.69, 9.17) is 11.6 Å². The van der Waals surface area contributed by atoms with Crippen LogP contribution >= 0.6 is 39.3 Å². The summed E-state index contributed by atoms with van der Waals surface area (Å²) in [6.07, 6.45) is 0. The molecule has 4 heteroatoms. The number of benzene rings is 1. The van der Waals surface area contributed by atoms with Crippen LogP contribution in [0.3, 0.4) is 0 Å². The van der Waals surface area contributed by atoms with Gasteiger partial charge in [0, 0.05) is 28.9 Å². The Labute approximate surface area is 121 Å². The molecule has 0 spiro atoms. The van der Waals surface area contributed by atoms with Gasteiger partial charge in [-0.2, -0.15) is 11.8 Å². The highest BCUT2D eigenvalue weighted by molar-refractivity contribution is 9.08. The van der Waals surface area contributed by atoms with Crippen molar-refractivity contribution in [3.63, 3.8) is 0 Å². The number of anilines is 1. The van der Waals surface area contributed by atoms with E-state index in [0.717, 1.165) is 23.4 Å². The average Bonchev–Trinajstić information content (AvgIpc) is 2.27. The second-order valence-electron chi connectivity index (χ2n) is 4.95. The van der Waals surface area contributed by atoms with Gasteiger partial charge in [0.2, 0.25) is 0 Å². The van der Waals surface area contributed by atoms with Gasteiger partial charge in [-0.3, -0.25) is 0 Å². The lowest BCUT2D eigenvalue weighted by Gasteiger charge is -2.39. The first-order valence-electron chi connectivity index (χ1n) is 5.75. The van der Waals surface area contributed by atoms with Gasteiger partial charge < -0.3 is 4.90 Å². The van der Waals surface area contributed by atoms with Crippen molar-refractivity contribution >= 4 is 45.0 Å². The van der Waals surface area contributed by atoms with E-state index in [2.05, 4.69) is 52.9 Å². The van der Waals surface area contributed by atoms with Gasteiger partial charge in [-0.15, -0.1) is 0 Å². The Kier molecular flexibility index (Phi) is 4.32. The first-order valence-corrected chi connectivity index (χ1v) is 8.24. The first kappa shape index (κ1) is 13.6. The van der Waals surface area contributed by atoms with Crippen LogP contribution < -0.4 is 4.90 Å². The molecule has 0 aliphatic carbocycles. The zero-order chi connectivity index (χ0) is 12.5. The molecule has 1 heterocycles. The minimum absolute atomic E-state index is 0.315. The van der Waals surface area contributed by atoms with Crippen molar-refractivity contribution in [1.29, 1.82) is 0 Å². The summed E-state index contributed by atoms with van der Waals surface area (Å²) >= 11 is 11.9. The van der Waals surface area contributed by atoms with Crippen LogP contribution in [0.1, 0.15) is 19.4 Å². The van der Waals surface area contributed by atoms with Crippen LogP contribution in [0.15, 0.2) is 18.2 Å². The molecule has 1 aliphatic heterocycles. The van der Waals surface area contributed by atoms with E-state index >= 15 is 0 Å². The summed E-state index contributed by atoms with van der Waals surface area (Å²) in [6.45, 7) is 6.74. The molecule has 0 saturated carbocycles. The third-order valence-electron chi connectivity index (χ3n) is 2.93. The summed E-state index contributed by atoms with van der Waals surface area (Å²) in [6, 6.07) is 6.34. The molecule has 94 valence electrons. The third kappa shape index (κ3) is 3.33. The molecular weight excluding hydrogens is 318 g/mol. The topological polar surface area (TPSA) is 3.24 Å². The number of nitrogens with zero attached hydrogens (tertiary/aromatic N) is 1. The van der Waals surface area contributed by atoms with Crippen molar-refractivity contribution in [2.75, 3.05) is 23.7 Å². The van der Waals surface area contributed by atoms with E-state index in [0.29, 0.717) is 4.75 Å². The predicted molar refractivity (Wildman–Crippen MR) is 82.8 cm³/mol. The summed E-state index contributed by atoms with van der Waals surface area (Å²) in [4.78, 5) is 2.40. The number of alkyl halides is 1. The summed E-state index contributed by atoms with van der Waals surface area (Å²) in [5.74, 6) is 1.17. The predicted octanol–water partition coefficient (Wildman–Crippen LogP) is 4.57. The van der Waals surface area contributed by atoms with E-state index < -0.39 is 0 Å². The Morgan fingerprint density at radius 1 is 1.47 bits per heavy atom. The molecule has 1 aromatic rings. The molecule has 1 saturated heterocycles. The van der Waals surface area contributed by atoms with E-state index in [9.17, 15) is 0 Å². The SMILES string of the molecule is CC1(C)CN(c2ccc(CBr)cc2Cl)CCS1. The Hall–Kier alpha value is 0.140. The minimum Gasteiger partial charge on any atom is -0.368 e. The van der Waals surface area contributed by atoms with Crippen molar-refractivity contribution in [3.05, 3.63) is 28.8 Å². The van der Waals surface area contributed by atoms with Gasteiger partial charge in [0.15, 0.2) is 0 Å². The fraction of sp³-hybridized carbons (Fsp3) is 0.538. The number of thioether (sulfide) groups is 1. The van der Waals surface area contributed by atoms with Crippen molar-refractivity contribution in [2.45, 2.75) is 23.9 Å². The monoisotopic (exact) mass is 333 g/mol. The normalized spacial score (nSPS) is 19.4. The molecule has 1 nitrogen and oxygen atoms in total. The Morgan fingerprint density at radius 3 is 2.82 bits per heavy atom. The fourth-order valence-electron chi connectivity index (χ4n) is 2.11. The van der Waals surface area contributed by atoms with Gasteiger partial charge in [0.25, 0.3) is 0 Å². The first-order chi connectivity index (χ1) is 8.02. The summed E-state index contributed by atoms with van der Waals surface area (Å²) in [5, 5.41) is 1.72. The lowest BCUT2D eigenvalue weighted by Crippen LogP contribution is -2.43. The van der Waals surface area contributed by atoms with Crippen LogP contribution in [0.25, 0.3) is 0 Å². The fourth-order valence-corrected chi connectivity index (χ4v) is 3.89. The molecule has 0 amide bonds. The molecule has 0 bridgehead atoms. The molecule has 0 N–H and O–H groups in total. The van der Waals surface area contributed by atoms with Crippen LogP contribution in [0.5, 0.6) is 0 Å². The summed E-state index contributed by atoms with van der Waals surface area (Å²) in [5.41, 5.74) is 2.40. The van der Waals surface area contributed by atoms with Crippen LogP contribution in [0.2, 0.25) is 5.02 Å². The van der Waals surface area contributed by atoms with Crippen molar-refractivity contribution < 1.29 is 0 Å². The molecule has 17 heavy (non-hydrogen) atoms. The van der Waals surface area contributed by atoms with Gasteiger partial charge >= 0.3 is 0 Å². The van der Waals surface area contributed by atoms with Crippen LogP contribution in [0.4, 0.5) is 5.69 Å². The molecule has 0 atom stereocenters. The molecule has 1 aromatic carbocycles. The maximum atomic E-state index is 6.37. The smallest absolute Gasteiger partial charge is 0.0642 e. The minimum atomic E-state index is 0.315. The Bertz CT molecular complexity index is 408. The second kappa shape index (κ2) is 5.41. The van der Waals surface area contributed by atoms with Gasteiger partial charge in [-0.25, -0.2) is 0 Å².